The van der Waals surface area contributed by atoms with Gasteiger partial charge in [0.05, 0.1) is 6.54 Å². The number of hydrogen-bond donors (Lipinski definition) is 0. The summed E-state index contributed by atoms with van der Waals surface area (Å²) in [5.74, 6) is 0.942. The highest BCUT2D eigenvalue weighted by molar-refractivity contribution is 7.86. The molecule has 0 unspecified atom stereocenters. The quantitative estimate of drug-likeness (QED) is 0.836. The van der Waals surface area contributed by atoms with E-state index in [1.807, 2.05) is 18.2 Å². The van der Waals surface area contributed by atoms with Crippen molar-refractivity contribution in [3.63, 3.8) is 0 Å². The molecule has 0 saturated carbocycles. The van der Waals surface area contributed by atoms with E-state index in [-0.39, 0.29) is 0 Å². The van der Waals surface area contributed by atoms with Gasteiger partial charge in [-0.05, 0) is 37.9 Å². The number of fused-ring (bicyclic) bond motifs is 1. The Kier molecular flexibility index (Phi) is 4.82. The number of furan rings is 1. The predicted octanol–water partition coefficient (Wildman–Crippen LogP) is 2.28. The summed E-state index contributed by atoms with van der Waals surface area (Å²) in [5.41, 5.74) is 0.908. The van der Waals surface area contributed by atoms with Gasteiger partial charge in [-0.3, -0.25) is 4.90 Å². The van der Waals surface area contributed by atoms with Gasteiger partial charge in [0.1, 0.15) is 11.3 Å². The Hall–Kier alpha value is -1.41. The van der Waals surface area contributed by atoms with Crippen LogP contribution >= 0.6 is 0 Å². The van der Waals surface area contributed by atoms with Crippen molar-refractivity contribution in [2.24, 2.45) is 0 Å². The molecule has 1 aromatic carbocycles. The van der Waals surface area contributed by atoms with Crippen LogP contribution in [0.25, 0.3) is 11.0 Å². The van der Waals surface area contributed by atoms with E-state index in [0.717, 1.165) is 55.6 Å². The third-order valence-corrected chi connectivity index (χ3v) is 7.16. The molecule has 3 heterocycles. The molecular formula is C18H25N3O3S. The topological polar surface area (TPSA) is 57.0 Å². The fraction of sp³-hybridized carbons (Fsp3) is 0.556. The maximum absolute atomic E-state index is 12.7. The smallest absolute Gasteiger partial charge is 0.282 e. The molecule has 0 amide bonds. The van der Waals surface area contributed by atoms with Crippen molar-refractivity contribution in [2.45, 2.75) is 25.8 Å². The highest BCUT2D eigenvalue weighted by Crippen LogP contribution is 2.22. The Bertz CT molecular complexity index is 794. The summed E-state index contributed by atoms with van der Waals surface area (Å²) in [6.45, 7) is 4.86. The van der Waals surface area contributed by atoms with E-state index in [1.165, 1.54) is 0 Å². The Balaban J connectivity index is 1.41. The Morgan fingerprint density at radius 3 is 2.40 bits per heavy atom. The van der Waals surface area contributed by atoms with Crippen molar-refractivity contribution in [3.8, 4) is 0 Å². The van der Waals surface area contributed by atoms with E-state index in [4.69, 9.17) is 4.42 Å². The van der Waals surface area contributed by atoms with Gasteiger partial charge in [-0.2, -0.15) is 17.0 Å². The first-order valence-corrected chi connectivity index (χ1v) is 10.5. The van der Waals surface area contributed by atoms with E-state index in [1.54, 1.807) is 8.61 Å². The molecule has 6 nitrogen and oxygen atoms in total. The van der Waals surface area contributed by atoms with E-state index < -0.39 is 10.2 Å². The van der Waals surface area contributed by atoms with Gasteiger partial charge in [-0.15, -0.1) is 0 Å². The number of para-hydroxylation sites is 1. The maximum Gasteiger partial charge on any atom is 0.282 e. The van der Waals surface area contributed by atoms with Gasteiger partial charge in [0, 0.05) is 38.1 Å². The van der Waals surface area contributed by atoms with Gasteiger partial charge in [-0.25, -0.2) is 0 Å². The molecule has 0 aliphatic carbocycles. The van der Waals surface area contributed by atoms with Gasteiger partial charge in [0.2, 0.25) is 0 Å². The minimum absolute atomic E-state index is 0.555. The minimum atomic E-state index is -3.29. The van der Waals surface area contributed by atoms with Crippen LogP contribution in [0.3, 0.4) is 0 Å². The first-order valence-electron chi connectivity index (χ1n) is 9.08. The molecule has 2 aromatic rings. The van der Waals surface area contributed by atoms with Crippen LogP contribution in [-0.2, 0) is 16.8 Å². The van der Waals surface area contributed by atoms with Crippen molar-refractivity contribution in [3.05, 3.63) is 36.1 Å². The van der Waals surface area contributed by atoms with Gasteiger partial charge in [-0.1, -0.05) is 18.2 Å². The number of rotatable bonds is 4. The van der Waals surface area contributed by atoms with Crippen molar-refractivity contribution in [1.82, 2.24) is 13.5 Å². The normalized spacial score (nSPS) is 21.8. The Morgan fingerprint density at radius 2 is 1.60 bits per heavy atom. The summed E-state index contributed by atoms with van der Waals surface area (Å²) in [6.07, 6.45) is 2.81. The zero-order valence-corrected chi connectivity index (χ0v) is 15.2. The van der Waals surface area contributed by atoms with Gasteiger partial charge in [0.15, 0.2) is 0 Å². The average molecular weight is 363 g/mol. The van der Waals surface area contributed by atoms with Gasteiger partial charge >= 0.3 is 0 Å². The van der Waals surface area contributed by atoms with Crippen LogP contribution in [0.2, 0.25) is 0 Å². The zero-order chi connectivity index (χ0) is 17.3. The van der Waals surface area contributed by atoms with E-state index in [9.17, 15) is 8.42 Å². The lowest BCUT2D eigenvalue weighted by molar-refractivity contribution is 0.257. The van der Waals surface area contributed by atoms with Crippen LogP contribution in [0, 0.1) is 0 Å². The first kappa shape index (κ1) is 17.0. The average Bonchev–Trinajstić information content (AvgIpc) is 3.21. The number of benzene rings is 1. The second-order valence-corrected chi connectivity index (χ2v) is 8.82. The van der Waals surface area contributed by atoms with Crippen LogP contribution in [0.15, 0.2) is 34.7 Å². The van der Waals surface area contributed by atoms with Crippen molar-refractivity contribution in [1.29, 1.82) is 0 Å². The second-order valence-electron chi connectivity index (χ2n) is 6.89. The predicted molar refractivity (Wildman–Crippen MR) is 97.4 cm³/mol. The summed E-state index contributed by atoms with van der Waals surface area (Å²) in [7, 11) is -3.29. The summed E-state index contributed by atoms with van der Waals surface area (Å²) < 4.78 is 34.7. The van der Waals surface area contributed by atoms with Crippen molar-refractivity contribution < 1.29 is 12.8 Å². The molecule has 1 aromatic heterocycles. The van der Waals surface area contributed by atoms with Crippen LogP contribution < -0.4 is 0 Å². The largest absolute Gasteiger partial charge is 0.460 e. The molecule has 0 N–H and O–H groups in total. The summed E-state index contributed by atoms with van der Waals surface area (Å²) in [6, 6.07) is 10.1. The summed E-state index contributed by atoms with van der Waals surface area (Å²) in [4.78, 5) is 2.29. The third-order valence-electron chi connectivity index (χ3n) is 5.12. The third kappa shape index (κ3) is 3.60. The molecule has 4 rings (SSSR count). The van der Waals surface area contributed by atoms with Crippen LogP contribution in [0.4, 0.5) is 0 Å². The number of hydrogen-bond acceptors (Lipinski definition) is 4. The molecule has 2 saturated heterocycles. The molecule has 0 radical (unpaired) electrons. The molecule has 136 valence electrons. The number of nitrogens with zero attached hydrogens (tertiary/aromatic N) is 3. The molecule has 2 aliphatic rings. The fourth-order valence-corrected chi connectivity index (χ4v) is 5.47. The fourth-order valence-electron chi connectivity index (χ4n) is 3.75. The molecule has 25 heavy (non-hydrogen) atoms. The molecule has 2 fully saturated rings. The van der Waals surface area contributed by atoms with Crippen molar-refractivity contribution in [2.75, 3.05) is 39.3 Å². The Morgan fingerprint density at radius 1 is 0.880 bits per heavy atom. The lowest BCUT2D eigenvalue weighted by Gasteiger charge is -2.26. The van der Waals surface area contributed by atoms with Gasteiger partial charge in [0.25, 0.3) is 10.2 Å². The highest BCUT2D eigenvalue weighted by atomic mass is 32.2. The van der Waals surface area contributed by atoms with Crippen LogP contribution in [0.1, 0.15) is 25.0 Å². The summed E-state index contributed by atoms with van der Waals surface area (Å²) >= 11 is 0. The Labute approximate surface area is 149 Å². The molecular weight excluding hydrogens is 338 g/mol. The molecule has 0 bridgehead atoms. The highest BCUT2D eigenvalue weighted by Gasteiger charge is 2.32. The lowest BCUT2D eigenvalue weighted by atomic mass is 10.2. The van der Waals surface area contributed by atoms with Crippen LogP contribution in [-0.4, -0.2) is 61.2 Å². The SMILES string of the molecule is O=S(=O)(N1CCCC1)N1CCCN(Cc2cc3ccccc3o2)CC1. The minimum Gasteiger partial charge on any atom is -0.460 e. The molecule has 0 spiro atoms. The lowest BCUT2D eigenvalue weighted by Crippen LogP contribution is -2.44. The molecule has 2 aliphatic heterocycles. The van der Waals surface area contributed by atoms with E-state index in [0.29, 0.717) is 26.2 Å². The van der Waals surface area contributed by atoms with E-state index >= 15 is 0 Å². The molecule has 7 heteroatoms. The maximum atomic E-state index is 12.7. The molecule has 0 atom stereocenters. The van der Waals surface area contributed by atoms with Crippen LogP contribution in [0.5, 0.6) is 0 Å². The van der Waals surface area contributed by atoms with Gasteiger partial charge < -0.3 is 4.42 Å². The second kappa shape index (κ2) is 7.07. The summed E-state index contributed by atoms with van der Waals surface area (Å²) in [5, 5.41) is 1.12. The van der Waals surface area contributed by atoms with Crippen molar-refractivity contribution >= 4 is 21.2 Å². The first-order chi connectivity index (χ1) is 12.1. The van der Waals surface area contributed by atoms with E-state index in [2.05, 4.69) is 17.0 Å². The standard InChI is InChI=1S/C18H25N3O3S/c22-25(23,20-9-3-4-10-20)21-11-5-8-19(12-13-21)15-17-14-16-6-1-2-7-18(16)24-17/h1-2,6-7,14H,3-5,8-13,15H2. The zero-order valence-electron chi connectivity index (χ0n) is 14.4. The monoisotopic (exact) mass is 363 g/mol.